The number of pyridine rings is 1. The van der Waals surface area contributed by atoms with E-state index in [0.717, 1.165) is 30.0 Å². The molecule has 3 aromatic rings. The normalized spacial score (nSPS) is 10.4. The fourth-order valence-corrected chi connectivity index (χ4v) is 2.79. The van der Waals surface area contributed by atoms with E-state index in [1.54, 1.807) is 13.3 Å². The van der Waals surface area contributed by atoms with Crippen molar-refractivity contribution in [3.63, 3.8) is 0 Å². The van der Waals surface area contributed by atoms with Gasteiger partial charge in [0.25, 0.3) is 0 Å². The van der Waals surface area contributed by atoms with E-state index in [0.29, 0.717) is 12.2 Å². The topological polar surface area (TPSA) is 63.2 Å². The molecule has 0 aliphatic heterocycles. The van der Waals surface area contributed by atoms with E-state index in [4.69, 9.17) is 4.74 Å². The molecule has 0 bridgehead atoms. The number of hydrogen-bond acceptors (Lipinski definition) is 4. The molecule has 2 aromatic carbocycles. The molecule has 1 amide bonds. The third-order valence-electron chi connectivity index (χ3n) is 4.42. The summed E-state index contributed by atoms with van der Waals surface area (Å²) in [6, 6.07) is 19.7. The number of rotatable bonds is 8. The average Bonchev–Trinajstić information content (AvgIpc) is 2.71. The lowest BCUT2D eigenvalue weighted by Crippen LogP contribution is -2.15. The number of aromatic nitrogens is 1. The third kappa shape index (κ3) is 5.84. The van der Waals surface area contributed by atoms with Crippen molar-refractivity contribution in [1.29, 1.82) is 0 Å². The monoisotopic (exact) mass is 375 g/mol. The molecule has 1 heterocycles. The zero-order chi connectivity index (χ0) is 19.8. The van der Waals surface area contributed by atoms with Crippen LogP contribution in [0, 0.1) is 6.92 Å². The van der Waals surface area contributed by atoms with Crippen molar-refractivity contribution in [3.8, 4) is 5.75 Å². The second-order valence-electron chi connectivity index (χ2n) is 6.67. The molecule has 0 aliphatic rings. The number of carbonyl (C=O) groups excluding carboxylic acids is 1. The van der Waals surface area contributed by atoms with Crippen LogP contribution >= 0.6 is 0 Å². The van der Waals surface area contributed by atoms with Gasteiger partial charge in [0.2, 0.25) is 5.91 Å². The first-order valence-corrected chi connectivity index (χ1v) is 9.30. The number of anilines is 2. The maximum absolute atomic E-state index is 12.2. The van der Waals surface area contributed by atoms with Gasteiger partial charge in [-0.2, -0.15) is 0 Å². The summed E-state index contributed by atoms with van der Waals surface area (Å²) in [6.45, 7) is 2.83. The minimum Gasteiger partial charge on any atom is -0.497 e. The van der Waals surface area contributed by atoms with E-state index in [1.807, 2.05) is 55.5 Å². The Kier molecular flexibility index (Phi) is 6.63. The first-order chi connectivity index (χ1) is 13.6. The molecule has 1 aromatic heterocycles. The Hall–Kier alpha value is -3.34. The van der Waals surface area contributed by atoms with E-state index in [2.05, 4.69) is 27.8 Å². The Morgan fingerprint density at radius 1 is 0.964 bits per heavy atom. The van der Waals surface area contributed by atoms with Crippen molar-refractivity contribution < 1.29 is 9.53 Å². The molecule has 0 spiro atoms. The second kappa shape index (κ2) is 9.55. The highest BCUT2D eigenvalue weighted by Crippen LogP contribution is 2.13. The van der Waals surface area contributed by atoms with Gasteiger partial charge < -0.3 is 15.4 Å². The van der Waals surface area contributed by atoms with E-state index in [-0.39, 0.29) is 5.91 Å². The third-order valence-corrected chi connectivity index (χ3v) is 4.42. The number of methoxy groups -OCH3 is 1. The smallest absolute Gasteiger partial charge is 0.229 e. The van der Waals surface area contributed by atoms with Gasteiger partial charge in [0, 0.05) is 6.54 Å². The van der Waals surface area contributed by atoms with E-state index < -0.39 is 0 Å². The molecular formula is C23H25N3O2. The first kappa shape index (κ1) is 19.4. The molecule has 0 fully saturated rings. The summed E-state index contributed by atoms with van der Waals surface area (Å²) in [4.78, 5) is 16.5. The van der Waals surface area contributed by atoms with Crippen LogP contribution in [0.3, 0.4) is 0 Å². The fraction of sp³-hybridized carbons (Fsp3) is 0.217. The summed E-state index contributed by atoms with van der Waals surface area (Å²) in [5, 5.41) is 6.18. The highest BCUT2D eigenvalue weighted by Gasteiger charge is 2.05. The predicted molar refractivity (Wildman–Crippen MR) is 113 cm³/mol. The Morgan fingerprint density at radius 3 is 2.32 bits per heavy atom. The maximum Gasteiger partial charge on any atom is 0.229 e. The van der Waals surface area contributed by atoms with Gasteiger partial charge in [-0.3, -0.25) is 4.79 Å². The van der Waals surface area contributed by atoms with Crippen molar-refractivity contribution in [2.45, 2.75) is 19.8 Å². The summed E-state index contributed by atoms with van der Waals surface area (Å²) < 4.78 is 5.17. The number of hydrogen-bond donors (Lipinski definition) is 2. The van der Waals surface area contributed by atoms with Gasteiger partial charge in [-0.25, -0.2) is 4.98 Å². The molecule has 0 unspecified atom stereocenters. The number of benzene rings is 2. The van der Waals surface area contributed by atoms with Gasteiger partial charge in [0.15, 0.2) is 0 Å². The molecular weight excluding hydrogens is 350 g/mol. The quantitative estimate of drug-likeness (QED) is 0.618. The van der Waals surface area contributed by atoms with Crippen LogP contribution in [-0.4, -0.2) is 24.5 Å². The Morgan fingerprint density at radius 2 is 1.68 bits per heavy atom. The minimum atomic E-state index is -0.0726. The zero-order valence-electron chi connectivity index (χ0n) is 16.2. The van der Waals surface area contributed by atoms with Gasteiger partial charge in [-0.05, 0) is 48.7 Å². The molecule has 0 atom stereocenters. The second-order valence-corrected chi connectivity index (χ2v) is 6.67. The summed E-state index contributed by atoms with van der Waals surface area (Å²) in [7, 11) is 1.66. The lowest BCUT2D eigenvalue weighted by molar-refractivity contribution is -0.115. The number of amides is 1. The van der Waals surface area contributed by atoms with Crippen LogP contribution in [-0.2, 0) is 17.6 Å². The van der Waals surface area contributed by atoms with Crippen LogP contribution < -0.4 is 15.4 Å². The summed E-state index contributed by atoms with van der Waals surface area (Å²) in [6.07, 6.45) is 2.97. The molecule has 2 N–H and O–H groups in total. The van der Waals surface area contributed by atoms with E-state index >= 15 is 0 Å². The minimum absolute atomic E-state index is 0.0726. The van der Waals surface area contributed by atoms with Crippen LogP contribution in [0.25, 0.3) is 0 Å². The zero-order valence-corrected chi connectivity index (χ0v) is 16.2. The Bertz CT molecular complexity index is 889. The van der Waals surface area contributed by atoms with E-state index in [1.165, 1.54) is 11.1 Å². The number of ether oxygens (including phenoxy) is 1. The number of nitrogens with zero attached hydrogens (tertiary/aromatic N) is 1. The molecule has 0 radical (unpaired) electrons. The average molecular weight is 375 g/mol. The maximum atomic E-state index is 12.2. The van der Waals surface area contributed by atoms with Gasteiger partial charge >= 0.3 is 0 Å². The summed E-state index contributed by atoms with van der Waals surface area (Å²) >= 11 is 0. The van der Waals surface area contributed by atoms with Crippen LogP contribution in [0.1, 0.15) is 16.7 Å². The molecule has 0 saturated heterocycles. The lowest BCUT2D eigenvalue weighted by atomic mass is 10.1. The SMILES string of the molecule is COc1ccc(CCNc2ccc(NC(=O)Cc3ccc(C)cc3)nc2)cc1. The first-order valence-electron chi connectivity index (χ1n) is 9.30. The van der Waals surface area contributed by atoms with Crippen molar-refractivity contribution in [1.82, 2.24) is 4.98 Å². The van der Waals surface area contributed by atoms with Crippen molar-refractivity contribution >= 4 is 17.4 Å². The predicted octanol–water partition coefficient (Wildman–Crippen LogP) is 4.23. The molecule has 5 nitrogen and oxygen atoms in total. The molecule has 3 rings (SSSR count). The molecule has 144 valence electrons. The fourth-order valence-electron chi connectivity index (χ4n) is 2.79. The summed E-state index contributed by atoms with van der Waals surface area (Å²) in [5.41, 5.74) is 4.33. The van der Waals surface area contributed by atoms with E-state index in [9.17, 15) is 4.79 Å². The highest BCUT2D eigenvalue weighted by molar-refractivity contribution is 5.91. The lowest BCUT2D eigenvalue weighted by Gasteiger charge is -2.09. The number of nitrogens with one attached hydrogen (secondary N) is 2. The van der Waals surface area contributed by atoms with Crippen LogP contribution in [0.5, 0.6) is 5.75 Å². The standard InChI is InChI=1S/C23H25N3O2/c1-17-3-5-19(6-4-17)15-23(27)26-22-12-9-20(16-25-22)24-14-13-18-7-10-21(28-2)11-8-18/h3-12,16,24H,13-15H2,1-2H3,(H,25,26,27). The van der Waals surface area contributed by atoms with Gasteiger partial charge in [-0.1, -0.05) is 42.0 Å². The Labute approximate surface area is 165 Å². The number of carbonyl (C=O) groups is 1. The Balaban J connectivity index is 1.44. The molecule has 5 heteroatoms. The van der Waals surface area contributed by atoms with Gasteiger partial charge in [0.05, 0.1) is 25.4 Å². The molecule has 0 aliphatic carbocycles. The largest absolute Gasteiger partial charge is 0.497 e. The molecule has 28 heavy (non-hydrogen) atoms. The summed E-state index contributed by atoms with van der Waals surface area (Å²) in [5.74, 6) is 1.34. The molecule has 0 saturated carbocycles. The van der Waals surface area contributed by atoms with Crippen molar-refractivity contribution in [3.05, 3.63) is 83.6 Å². The highest BCUT2D eigenvalue weighted by atomic mass is 16.5. The van der Waals surface area contributed by atoms with Crippen LogP contribution in [0.15, 0.2) is 66.9 Å². The van der Waals surface area contributed by atoms with Crippen LogP contribution in [0.4, 0.5) is 11.5 Å². The number of aryl methyl sites for hydroxylation is 1. The van der Waals surface area contributed by atoms with Crippen LogP contribution in [0.2, 0.25) is 0 Å². The van der Waals surface area contributed by atoms with Gasteiger partial charge in [0.1, 0.15) is 11.6 Å². The van der Waals surface area contributed by atoms with Gasteiger partial charge in [-0.15, -0.1) is 0 Å². The van der Waals surface area contributed by atoms with Crippen molar-refractivity contribution in [2.24, 2.45) is 0 Å². The van der Waals surface area contributed by atoms with Crippen molar-refractivity contribution in [2.75, 3.05) is 24.3 Å².